The zero-order chi connectivity index (χ0) is 15.8. The molecule has 1 aromatic heterocycles. The molecule has 1 heterocycles. The number of aromatic nitrogens is 1. The number of hydrogen-bond donors (Lipinski definition) is 1. The van der Waals surface area contributed by atoms with Crippen LogP contribution in [-0.2, 0) is 4.74 Å². The Kier molecular flexibility index (Phi) is 3.75. The molecule has 1 N–H and O–H groups in total. The second-order valence-corrected chi connectivity index (χ2v) is 7.51. The van der Waals surface area contributed by atoms with Crippen molar-refractivity contribution in [1.82, 2.24) is 4.98 Å². The third kappa shape index (κ3) is 3.51. The summed E-state index contributed by atoms with van der Waals surface area (Å²) in [5, 5.41) is 2.61. The number of carbonyl (C=O) groups is 1. The number of rotatable bonds is 3. The topological polar surface area (TPSA) is 60.5 Å². The predicted octanol–water partition coefficient (Wildman–Crippen LogP) is 4.14. The molecule has 5 nitrogen and oxygen atoms in total. The SMILES string of the molecule is CC(C)(C)OC(=O)Nc1ccc(OC2CC3(CCC3)C2)cn1. The van der Waals surface area contributed by atoms with Crippen LogP contribution in [0.5, 0.6) is 5.75 Å². The summed E-state index contributed by atoms with van der Waals surface area (Å²) in [6.07, 6.45) is 7.92. The number of carbonyl (C=O) groups excluding carboxylic acids is 1. The number of nitrogens with one attached hydrogen (secondary N) is 1. The van der Waals surface area contributed by atoms with Crippen molar-refractivity contribution in [1.29, 1.82) is 0 Å². The molecule has 1 aromatic rings. The lowest BCUT2D eigenvalue weighted by molar-refractivity contribution is -0.0682. The highest BCUT2D eigenvalue weighted by atomic mass is 16.6. The molecule has 0 saturated heterocycles. The highest BCUT2D eigenvalue weighted by molar-refractivity contribution is 5.83. The fourth-order valence-corrected chi connectivity index (χ4v) is 3.20. The van der Waals surface area contributed by atoms with Gasteiger partial charge >= 0.3 is 6.09 Å². The summed E-state index contributed by atoms with van der Waals surface area (Å²) in [7, 11) is 0. The normalized spacial score (nSPS) is 20.0. The number of hydrogen-bond acceptors (Lipinski definition) is 4. The minimum atomic E-state index is -0.519. The Bertz CT molecular complexity index is 536. The minimum Gasteiger partial charge on any atom is -0.489 e. The first-order chi connectivity index (χ1) is 10.3. The number of amides is 1. The molecule has 0 unspecified atom stereocenters. The van der Waals surface area contributed by atoms with Gasteiger partial charge in [0, 0.05) is 0 Å². The van der Waals surface area contributed by atoms with Crippen LogP contribution in [0, 0.1) is 5.41 Å². The molecule has 22 heavy (non-hydrogen) atoms. The second-order valence-electron chi connectivity index (χ2n) is 7.51. The van der Waals surface area contributed by atoms with Gasteiger partial charge in [0.05, 0.1) is 12.3 Å². The van der Waals surface area contributed by atoms with E-state index in [1.54, 1.807) is 12.3 Å². The average molecular weight is 304 g/mol. The molecule has 0 bridgehead atoms. The molecule has 2 saturated carbocycles. The van der Waals surface area contributed by atoms with Crippen molar-refractivity contribution in [2.75, 3.05) is 5.32 Å². The molecule has 0 radical (unpaired) electrons. The minimum absolute atomic E-state index is 0.326. The third-order valence-corrected chi connectivity index (χ3v) is 4.40. The van der Waals surface area contributed by atoms with Gasteiger partial charge in [0.25, 0.3) is 0 Å². The van der Waals surface area contributed by atoms with Crippen LogP contribution in [0.1, 0.15) is 52.9 Å². The van der Waals surface area contributed by atoms with Crippen LogP contribution in [0.25, 0.3) is 0 Å². The predicted molar refractivity (Wildman–Crippen MR) is 84.0 cm³/mol. The van der Waals surface area contributed by atoms with Gasteiger partial charge < -0.3 is 9.47 Å². The molecule has 5 heteroatoms. The average Bonchev–Trinajstić information content (AvgIpc) is 2.30. The summed E-state index contributed by atoms with van der Waals surface area (Å²) < 4.78 is 11.1. The largest absolute Gasteiger partial charge is 0.489 e. The van der Waals surface area contributed by atoms with Crippen molar-refractivity contribution < 1.29 is 14.3 Å². The molecule has 2 aliphatic carbocycles. The van der Waals surface area contributed by atoms with Gasteiger partial charge in [-0.3, -0.25) is 5.32 Å². The van der Waals surface area contributed by atoms with Crippen LogP contribution in [0.2, 0.25) is 0 Å². The van der Waals surface area contributed by atoms with E-state index in [1.807, 2.05) is 26.8 Å². The van der Waals surface area contributed by atoms with E-state index in [4.69, 9.17) is 9.47 Å². The van der Waals surface area contributed by atoms with Crippen LogP contribution < -0.4 is 10.1 Å². The first kappa shape index (κ1) is 15.1. The maximum atomic E-state index is 11.7. The molecular formula is C17H24N2O3. The molecular weight excluding hydrogens is 280 g/mol. The lowest BCUT2D eigenvalue weighted by atomic mass is 9.55. The van der Waals surface area contributed by atoms with Gasteiger partial charge in [-0.15, -0.1) is 0 Å². The lowest BCUT2D eigenvalue weighted by Gasteiger charge is -2.53. The van der Waals surface area contributed by atoms with Gasteiger partial charge in [-0.1, -0.05) is 6.42 Å². The summed E-state index contributed by atoms with van der Waals surface area (Å²) in [6.45, 7) is 5.47. The third-order valence-electron chi connectivity index (χ3n) is 4.40. The molecule has 2 aliphatic rings. The van der Waals surface area contributed by atoms with Gasteiger partial charge in [0.1, 0.15) is 17.2 Å². The van der Waals surface area contributed by atoms with Gasteiger partial charge in [-0.2, -0.15) is 0 Å². The first-order valence-electron chi connectivity index (χ1n) is 7.96. The highest BCUT2D eigenvalue weighted by Crippen LogP contribution is 2.56. The summed E-state index contributed by atoms with van der Waals surface area (Å²) >= 11 is 0. The molecule has 120 valence electrons. The van der Waals surface area contributed by atoms with Crippen molar-refractivity contribution in [2.45, 2.75) is 64.6 Å². The summed E-state index contributed by atoms with van der Waals surface area (Å²) in [5.74, 6) is 1.22. The first-order valence-corrected chi connectivity index (χ1v) is 7.96. The molecule has 2 fully saturated rings. The highest BCUT2D eigenvalue weighted by Gasteiger charge is 2.49. The maximum Gasteiger partial charge on any atom is 0.413 e. The van der Waals surface area contributed by atoms with E-state index >= 15 is 0 Å². The molecule has 0 atom stereocenters. The molecule has 3 rings (SSSR count). The van der Waals surface area contributed by atoms with Gasteiger partial charge in [0.2, 0.25) is 0 Å². The van der Waals surface area contributed by atoms with Crippen molar-refractivity contribution in [2.24, 2.45) is 5.41 Å². The lowest BCUT2D eigenvalue weighted by Crippen LogP contribution is -2.48. The van der Waals surface area contributed by atoms with E-state index in [9.17, 15) is 4.79 Å². The number of pyridine rings is 1. The van der Waals surface area contributed by atoms with Gasteiger partial charge in [-0.05, 0) is 64.0 Å². The van der Waals surface area contributed by atoms with Crippen LogP contribution in [0.3, 0.4) is 0 Å². The van der Waals surface area contributed by atoms with Crippen molar-refractivity contribution in [3.63, 3.8) is 0 Å². The Labute approximate surface area is 131 Å². The van der Waals surface area contributed by atoms with E-state index in [0.29, 0.717) is 17.3 Å². The van der Waals surface area contributed by atoms with E-state index in [1.165, 1.54) is 32.1 Å². The summed E-state index contributed by atoms with van der Waals surface area (Å²) in [6, 6.07) is 3.57. The Morgan fingerprint density at radius 3 is 2.55 bits per heavy atom. The van der Waals surface area contributed by atoms with E-state index in [2.05, 4.69) is 10.3 Å². The number of anilines is 1. The second kappa shape index (κ2) is 5.45. The maximum absolute atomic E-state index is 11.7. The Hall–Kier alpha value is -1.78. The zero-order valence-corrected chi connectivity index (χ0v) is 13.5. The fourth-order valence-electron chi connectivity index (χ4n) is 3.20. The van der Waals surface area contributed by atoms with Crippen molar-refractivity contribution in [3.05, 3.63) is 18.3 Å². The molecule has 0 aliphatic heterocycles. The molecule has 1 spiro atoms. The smallest absolute Gasteiger partial charge is 0.413 e. The van der Waals surface area contributed by atoms with Gasteiger partial charge in [0.15, 0.2) is 0 Å². The fraction of sp³-hybridized carbons (Fsp3) is 0.647. The Morgan fingerprint density at radius 2 is 2.05 bits per heavy atom. The summed E-state index contributed by atoms with van der Waals surface area (Å²) in [4.78, 5) is 15.8. The van der Waals surface area contributed by atoms with E-state index < -0.39 is 11.7 Å². The van der Waals surface area contributed by atoms with Crippen molar-refractivity contribution >= 4 is 11.9 Å². The van der Waals surface area contributed by atoms with Crippen LogP contribution in [0.15, 0.2) is 18.3 Å². The monoisotopic (exact) mass is 304 g/mol. The number of nitrogens with zero attached hydrogens (tertiary/aromatic N) is 1. The van der Waals surface area contributed by atoms with Crippen molar-refractivity contribution in [3.8, 4) is 5.75 Å². The Morgan fingerprint density at radius 1 is 1.32 bits per heavy atom. The van der Waals surface area contributed by atoms with Crippen LogP contribution in [0.4, 0.5) is 10.6 Å². The van der Waals surface area contributed by atoms with Crippen LogP contribution in [-0.4, -0.2) is 22.8 Å². The summed E-state index contributed by atoms with van der Waals surface area (Å²) in [5.41, 5.74) is 0.0884. The van der Waals surface area contributed by atoms with E-state index in [-0.39, 0.29) is 0 Å². The Balaban J connectivity index is 1.47. The number of ether oxygens (including phenoxy) is 2. The standard InChI is InChI=1S/C17H24N2O3/c1-16(2,3)22-15(20)19-14-6-5-12(11-18-14)21-13-9-17(10-13)7-4-8-17/h5-6,11,13H,4,7-10H2,1-3H3,(H,18,19,20). The van der Waals surface area contributed by atoms with E-state index in [0.717, 1.165) is 5.75 Å². The molecule has 1 amide bonds. The molecule has 0 aromatic carbocycles. The van der Waals surface area contributed by atoms with Crippen LogP contribution >= 0.6 is 0 Å². The van der Waals surface area contributed by atoms with Gasteiger partial charge in [-0.25, -0.2) is 9.78 Å². The zero-order valence-electron chi connectivity index (χ0n) is 13.5. The quantitative estimate of drug-likeness (QED) is 0.911.